The van der Waals surface area contributed by atoms with Gasteiger partial charge in [0.15, 0.2) is 5.03 Å². The molecule has 12 heteroatoms. The second-order valence-corrected chi connectivity index (χ2v) is 9.41. The van der Waals surface area contributed by atoms with Crippen molar-refractivity contribution in [2.24, 2.45) is 0 Å². The van der Waals surface area contributed by atoms with Crippen LogP contribution in [0.3, 0.4) is 0 Å². The Hall–Kier alpha value is -2.83. The number of hydrogen-bond donors (Lipinski definition) is 3. The number of carbonyl (C=O) groups is 1. The molecule has 2 aromatic rings. The van der Waals surface area contributed by atoms with Crippen LogP contribution in [0.2, 0.25) is 0 Å². The molecule has 0 saturated carbocycles. The van der Waals surface area contributed by atoms with Crippen molar-refractivity contribution in [3.05, 3.63) is 36.0 Å². The molecule has 1 aliphatic rings. The number of amides is 1. The zero-order chi connectivity index (χ0) is 22.3. The molecule has 0 radical (unpaired) electrons. The van der Waals surface area contributed by atoms with Gasteiger partial charge in [-0.15, -0.1) is 0 Å². The number of nitrogens with two attached hydrogens (primary N) is 1. The average molecular weight is 434 g/mol. The summed E-state index contributed by atoms with van der Waals surface area (Å²) in [5.74, 6) is 0. The quantitative estimate of drug-likeness (QED) is 0.606. The molecule has 1 aliphatic heterocycles. The number of pyridine rings is 1. The number of nitrogens with zero attached hydrogens (tertiary/aromatic N) is 2. The van der Waals surface area contributed by atoms with E-state index in [1.165, 1.54) is 25.4 Å². The highest BCUT2D eigenvalue weighted by molar-refractivity contribution is 7.92. The second kappa shape index (κ2) is 7.78. The molecule has 0 saturated heterocycles. The molecule has 4 N–H and O–H groups in total. The number of benzene rings is 1. The van der Waals surface area contributed by atoms with Crippen LogP contribution in [0.25, 0.3) is 0 Å². The first kappa shape index (κ1) is 21.9. The number of hydrogen-bond acceptors (Lipinski definition) is 8. The maximum atomic E-state index is 13.0. The summed E-state index contributed by atoms with van der Waals surface area (Å²) in [5, 5.41) is 9.44. The van der Waals surface area contributed by atoms with Crippen molar-refractivity contribution in [1.82, 2.24) is 4.98 Å². The van der Waals surface area contributed by atoms with Gasteiger partial charge in [0.05, 0.1) is 24.2 Å². The second-order valence-electron chi connectivity index (χ2n) is 7.81. The number of sulfonamides is 1. The van der Waals surface area contributed by atoms with Crippen molar-refractivity contribution in [2.45, 2.75) is 38.0 Å². The Labute approximate surface area is 175 Å². The molecular weight excluding hydrogens is 411 g/mol. The lowest BCUT2D eigenvalue weighted by atomic mass is 9.79. The Bertz CT molecular complexity index is 1090. The van der Waals surface area contributed by atoms with Gasteiger partial charge in [-0.1, -0.05) is 6.07 Å². The van der Waals surface area contributed by atoms with E-state index in [0.29, 0.717) is 5.46 Å². The molecular formula is C18H23BN4O6S. The van der Waals surface area contributed by atoms with E-state index in [1.807, 2.05) is 0 Å². The molecule has 0 aliphatic carbocycles. The largest absolute Gasteiger partial charge is 0.491 e. The molecule has 1 aromatic carbocycles. The van der Waals surface area contributed by atoms with Crippen molar-refractivity contribution in [1.29, 1.82) is 0 Å². The summed E-state index contributed by atoms with van der Waals surface area (Å²) in [5.41, 5.74) is 6.58. The van der Waals surface area contributed by atoms with E-state index in [9.17, 15) is 18.2 Å². The molecule has 10 nitrogen and oxygen atoms in total. The van der Waals surface area contributed by atoms with Crippen LogP contribution in [0.15, 0.2) is 35.5 Å². The van der Waals surface area contributed by atoms with Gasteiger partial charge in [0.25, 0.3) is 10.0 Å². The Morgan fingerprint density at radius 1 is 1.37 bits per heavy atom. The first-order valence-corrected chi connectivity index (χ1v) is 10.5. The van der Waals surface area contributed by atoms with E-state index in [4.69, 9.17) is 15.1 Å². The topological polar surface area (TPSA) is 144 Å². The molecule has 0 atom stereocenters. The smallest absolute Gasteiger partial charge is 0.443 e. The summed E-state index contributed by atoms with van der Waals surface area (Å²) in [6.45, 7) is 5.33. The van der Waals surface area contributed by atoms with E-state index in [2.05, 4.69) is 9.71 Å². The summed E-state index contributed by atoms with van der Waals surface area (Å²) < 4.78 is 38.9. The van der Waals surface area contributed by atoms with Gasteiger partial charge in [-0.25, -0.2) is 9.78 Å². The highest BCUT2D eigenvalue weighted by atomic mass is 32.2. The van der Waals surface area contributed by atoms with Crippen LogP contribution in [0.4, 0.5) is 21.9 Å². The molecule has 3 rings (SSSR count). The first-order chi connectivity index (χ1) is 13.9. The lowest BCUT2D eigenvalue weighted by Crippen LogP contribution is -2.35. The Morgan fingerprint density at radius 3 is 2.73 bits per heavy atom. The summed E-state index contributed by atoms with van der Waals surface area (Å²) in [6.07, 6.45) is 0.422. The molecule has 160 valence electrons. The van der Waals surface area contributed by atoms with Crippen molar-refractivity contribution in [2.75, 3.05) is 22.4 Å². The molecule has 0 fully saturated rings. The van der Waals surface area contributed by atoms with E-state index in [0.717, 1.165) is 10.5 Å². The minimum absolute atomic E-state index is 0.0405. The van der Waals surface area contributed by atoms with Gasteiger partial charge in [0.1, 0.15) is 5.60 Å². The summed E-state index contributed by atoms with van der Waals surface area (Å²) in [4.78, 5) is 17.4. The predicted octanol–water partition coefficient (Wildman–Crippen LogP) is 1.05. The van der Waals surface area contributed by atoms with Gasteiger partial charge in [-0.05, 0) is 50.0 Å². The van der Waals surface area contributed by atoms with Crippen LogP contribution in [0, 0.1) is 0 Å². The monoisotopic (exact) mass is 434 g/mol. The zero-order valence-corrected chi connectivity index (χ0v) is 17.9. The van der Waals surface area contributed by atoms with Gasteiger partial charge >= 0.3 is 13.2 Å². The SMILES string of the molecule is CN(C(=O)OC(C)(C)C)c1cc(N)cnc1S(=O)(=O)Nc1ccc2c(c1)B(O)OC2. The Kier molecular flexibility index (Phi) is 5.67. The third-order valence-electron chi connectivity index (χ3n) is 4.20. The van der Waals surface area contributed by atoms with E-state index in [-0.39, 0.29) is 23.7 Å². The first-order valence-electron chi connectivity index (χ1n) is 9.05. The fourth-order valence-electron chi connectivity index (χ4n) is 2.81. The van der Waals surface area contributed by atoms with Crippen molar-refractivity contribution in [3.63, 3.8) is 0 Å². The molecule has 0 spiro atoms. The van der Waals surface area contributed by atoms with Crippen LogP contribution in [0.1, 0.15) is 26.3 Å². The van der Waals surface area contributed by atoms with Crippen LogP contribution >= 0.6 is 0 Å². The van der Waals surface area contributed by atoms with Crippen LogP contribution < -0.4 is 20.8 Å². The number of anilines is 3. The average Bonchev–Trinajstić information content (AvgIpc) is 2.99. The van der Waals surface area contributed by atoms with Gasteiger partial charge < -0.3 is 20.1 Å². The standard InChI is InChI=1S/C18H23BN4O6S/c1-18(2,3)29-17(24)23(4)15-7-12(20)9-21-16(15)30(26,27)22-13-6-5-11-10-28-19(25)14(11)8-13/h5-9,22,25H,10,20H2,1-4H3. The fraction of sp³-hybridized carbons (Fsp3) is 0.333. The molecule has 30 heavy (non-hydrogen) atoms. The normalized spacial score (nSPS) is 13.7. The Morgan fingerprint density at radius 2 is 2.07 bits per heavy atom. The highest BCUT2D eigenvalue weighted by Crippen LogP contribution is 2.28. The van der Waals surface area contributed by atoms with Gasteiger partial charge in [-0.3, -0.25) is 9.62 Å². The summed E-state index contributed by atoms with van der Waals surface area (Å²) in [7, 11) is -3.96. The number of rotatable bonds is 4. The summed E-state index contributed by atoms with van der Waals surface area (Å²) >= 11 is 0. The van der Waals surface area contributed by atoms with Gasteiger partial charge in [0.2, 0.25) is 0 Å². The predicted molar refractivity (Wildman–Crippen MR) is 113 cm³/mol. The molecule has 0 bridgehead atoms. The van der Waals surface area contributed by atoms with Crippen molar-refractivity contribution in [3.8, 4) is 0 Å². The maximum absolute atomic E-state index is 13.0. The molecule has 2 heterocycles. The fourth-order valence-corrected chi connectivity index (χ4v) is 4.01. The number of aromatic nitrogens is 1. The van der Waals surface area contributed by atoms with Gasteiger partial charge in [-0.2, -0.15) is 8.42 Å². The zero-order valence-electron chi connectivity index (χ0n) is 17.0. The number of nitrogen functional groups attached to an aromatic ring is 1. The number of ether oxygens (including phenoxy) is 1. The third-order valence-corrected chi connectivity index (χ3v) is 5.53. The number of fused-ring (bicyclic) bond motifs is 1. The van der Waals surface area contributed by atoms with Crippen LogP contribution in [0.5, 0.6) is 0 Å². The summed E-state index contributed by atoms with van der Waals surface area (Å²) in [6, 6.07) is 6.02. The lowest BCUT2D eigenvalue weighted by Gasteiger charge is -2.25. The molecule has 1 amide bonds. The Balaban J connectivity index is 1.95. The lowest BCUT2D eigenvalue weighted by molar-refractivity contribution is 0.0588. The van der Waals surface area contributed by atoms with Gasteiger partial charge in [0, 0.05) is 12.7 Å². The highest BCUT2D eigenvalue weighted by Gasteiger charge is 2.30. The van der Waals surface area contributed by atoms with Crippen molar-refractivity contribution >= 4 is 45.8 Å². The van der Waals surface area contributed by atoms with E-state index in [1.54, 1.807) is 32.9 Å². The minimum Gasteiger partial charge on any atom is -0.443 e. The maximum Gasteiger partial charge on any atom is 0.491 e. The number of nitrogens with one attached hydrogen (secondary N) is 1. The van der Waals surface area contributed by atoms with Crippen LogP contribution in [-0.4, -0.2) is 44.3 Å². The minimum atomic E-state index is -4.21. The van der Waals surface area contributed by atoms with Crippen LogP contribution in [-0.2, 0) is 26.0 Å². The molecule has 0 unspecified atom stereocenters. The molecule has 1 aromatic heterocycles. The number of carbonyl (C=O) groups excluding carboxylic acids is 1. The van der Waals surface area contributed by atoms with Crippen molar-refractivity contribution < 1.29 is 27.6 Å². The van der Waals surface area contributed by atoms with E-state index < -0.39 is 33.9 Å². The third kappa shape index (κ3) is 4.66. The van der Waals surface area contributed by atoms with E-state index >= 15 is 0 Å².